The fourth-order valence-corrected chi connectivity index (χ4v) is 2.70. The number of carbonyl (C=O) groups is 1. The molecule has 0 aliphatic rings. The second-order valence-corrected chi connectivity index (χ2v) is 5.78. The Bertz CT molecular complexity index is 595. The molecule has 5 heteroatoms. The predicted molar refractivity (Wildman–Crippen MR) is 80.4 cm³/mol. The molecule has 4 nitrogen and oxygen atoms in total. The number of carbonyl (C=O) groups excluding carboxylic acids is 1. The lowest BCUT2D eigenvalue weighted by Crippen LogP contribution is -2.18. The van der Waals surface area contributed by atoms with Gasteiger partial charge in [-0.1, -0.05) is 0 Å². The Morgan fingerprint density at radius 3 is 2.80 bits per heavy atom. The maximum absolute atomic E-state index is 10.9. The number of aldehydes is 1. The lowest BCUT2D eigenvalue weighted by molar-refractivity contribution is 0.112. The molecule has 0 saturated heterocycles. The molecule has 0 aliphatic heterocycles. The van der Waals surface area contributed by atoms with Crippen molar-refractivity contribution < 1.29 is 9.53 Å². The molecule has 0 spiro atoms. The van der Waals surface area contributed by atoms with Gasteiger partial charge in [-0.15, -0.1) is 11.3 Å². The third-order valence-electron chi connectivity index (χ3n) is 2.98. The van der Waals surface area contributed by atoms with E-state index in [1.165, 1.54) is 0 Å². The van der Waals surface area contributed by atoms with E-state index >= 15 is 0 Å². The topological polar surface area (TPSA) is 42.4 Å². The molecule has 1 aromatic heterocycles. The summed E-state index contributed by atoms with van der Waals surface area (Å²) in [6.45, 7) is 3.49. The van der Waals surface area contributed by atoms with Crippen molar-refractivity contribution in [1.82, 2.24) is 9.88 Å². The fourth-order valence-electron chi connectivity index (χ4n) is 2.10. The van der Waals surface area contributed by atoms with Crippen LogP contribution in [-0.2, 0) is 13.1 Å². The number of ether oxygens (including phenoxy) is 1. The van der Waals surface area contributed by atoms with Crippen LogP contribution in [0.25, 0.3) is 0 Å². The SMILES string of the molecule is COc1ccc(C=O)cc1CN(C)Cc1csc(C)n1. The minimum Gasteiger partial charge on any atom is -0.496 e. The molecule has 0 unspecified atom stereocenters. The average Bonchev–Trinajstić information content (AvgIpc) is 2.83. The van der Waals surface area contributed by atoms with Gasteiger partial charge in [0.15, 0.2) is 0 Å². The zero-order chi connectivity index (χ0) is 14.5. The van der Waals surface area contributed by atoms with Crippen LogP contribution in [0.5, 0.6) is 5.75 Å². The van der Waals surface area contributed by atoms with Crippen LogP contribution < -0.4 is 4.74 Å². The molecule has 0 radical (unpaired) electrons. The number of hydrogen-bond donors (Lipinski definition) is 0. The summed E-state index contributed by atoms with van der Waals surface area (Å²) in [5.41, 5.74) is 2.74. The molecule has 1 heterocycles. The fraction of sp³-hybridized carbons (Fsp3) is 0.333. The van der Waals surface area contributed by atoms with Crippen LogP contribution in [0.1, 0.15) is 26.6 Å². The molecule has 0 saturated carbocycles. The predicted octanol–water partition coefficient (Wildman–Crippen LogP) is 2.90. The van der Waals surface area contributed by atoms with Gasteiger partial charge in [-0.3, -0.25) is 9.69 Å². The van der Waals surface area contributed by atoms with Gasteiger partial charge in [0.05, 0.1) is 17.8 Å². The van der Waals surface area contributed by atoms with Crippen molar-refractivity contribution >= 4 is 17.6 Å². The van der Waals surface area contributed by atoms with Gasteiger partial charge in [-0.25, -0.2) is 4.98 Å². The van der Waals surface area contributed by atoms with Crippen molar-refractivity contribution in [3.8, 4) is 5.75 Å². The summed E-state index contributed by atoms with van der Waals surface area (Å²) in [6.07, 6.45) is 0.854. The molecule has 20 heavy (non-hydrogen) atoms. The van der Waals surface area contributed by atoms with E-state index in [1.807, 2.05) is 26.1 Å². The number of aryl methyl sites for hydroxylation is 1. The minimum atomic E-state index is 0.665. The van der Waals surface area contributed by atoms with E-state index in [-0.39, 0.29) is 0 Å². The Morgan fingerprint density at radius 1 is 1.40 bits per heavy atom. The average molecular weight is 290 g/mol. The van der Waals surface area contributed by atoms with Gasteiger partial charge in [-0.05, 0) is 32.2 Å². The molecule has 2 aromatic rings. The maximum Gasteiger partial charge on any atom is 0.150 e. The van der Waals surface area contributed by atoms with Crippen molar-refractivity contribution in [2.75, 3.05) is 14.2 Å². The van der Waals surface area contributed by atoms with Gasteiger partial charge in [0.2, 0.25) is 0 Å². The summed E-state index contributed by atoms with van der Waals surface area (Å²) in [5.74, 6) is 0.803. The van der Waals surface area contributed by atoms with Crippen LogP contribution >= 0.6 is 11.3 Å². The highest BCUT2D eigenvalue weighted by Gasteiger charge is 2.09. The highest BCUT2D eigenvalue weighted by atomic mass is 32.1. The maximum atomic E-state index is 10.9. The van der Waals surface area contributed by atoms with Crippen LogP contribution in [-0.4, -0.2) is 30.3 Å². The van der Waals surface area contributed by atoms with Crippen LogP contribution in [0.15, 0.2) is 23.6 Å². The molecule has 0 fully saturated rings. The molecule has 0 N–H and O–H groups in total. The van der Waals surface area contributed by atoms with E-state index in [2.05, 4.69) is 15.3 Å². The summed E-state index contributed by atoms with van der Waals surface area (Å²) in [7, 11) is 3.67. The molecule has 0 bridgehead atoms. The van der Waals surface area contributed by atoms with Gasteiger partial charge >= 0.3 is 0 Å². The second-order valence-electron chi connectivity index (χ2n) is 4.72. The first kappa shape index (κ1) is 14.7. The van der Waals surface area contributed by atoms with E-state index in [9.17, 15) is 4.79 Å². The number of hydrogen-bond acceptors (Lipinski definition) is 5. The molecular weight excluding hydrogens is 272 g/mol. The zero-order valence-corrected chi connectivity index (χ0v) is 12.7. The number of nitrogens with zero attached hydrogens (tertiary/aromatic N) is 2. The van der Waals surface area contributed by atoms with Crippen LogP contribution in [0.3, 0.4) is 0 Å². The third kappa shape index (κ3) is 3.65. The van der Waals surface area contributed by atoms with Gasteiger partial charge in [-0.2, -0.15) is 0 Å². The highest BCUT2D eigenvalue weighted by molar-refractivity contribution is 7.09. The van der Waals surface area contributed by atoms with E-state index in [4.69, 9.17) is 4.74 Å². The number of rotatable bonds is 6. The van der Waals surface area contributed by atoms with E-state index in [0.29, 0.717) is 12.1 Å². The Balaban J connectivity index is 2.09. The first-order valence-corrected chi connectivity index (χ1v) is 7.22. The minimum absolute atomic E-state index is 0.665. The highest BCUT2D eigenvalue weighted by Crippen LogP contribution is 2.21. The zero-order valence-electron chi connectivity index (χ0n) is 11.9. The monoisotopic (exact) mass is 290 g/mol. The molecule has 0 atom stereocenters. The molecule has 1 aromatic carbocycles. The van der Waals surface area contributed by atoms with E-state index in [0.717, 1.165) is 34.8 Å². The summed E-state index contributed by atoms with van der Waals surface area (Å²) < 4.78 is 5.34. The van der Waals surface area contributed by atoms with Crippen molar-refractivity contribution in [1.29, 1.82) is 0 Å². The molecule has 106 valence electrons. The van der Waals surface area contributed by atoms with Crippen molar-refractivity contribution in [3.63, 3.8) is 0 Å². The van der Waals surface area contributed by atoms with E-state index < -0.39 is 0 Å². The third-order valence-corrected chi connectivity index (χ3v) is 3.80. The summed E-state index contributed by atoms with van der Waals surface area (Å²) in [5, 5.41) is 3.15. The number of methoxy groups -OCH3 is 1. The lowest BCUT2D eigenvalue weighted by atomic mass is 10.1. The summed E-state index contributed by atoms with van der Waals surface area (Å²) in [4.78, 5) is 17.5. The second kappa shape index (κ2) is 6.63. The van der Waals surface area contributed by atoms with Gasteiger partial charge in [0.25, 0.3) is 0 Å². The Labute approximate surface area is 123 Å². The molecule has 2 rings (SSSR count). The number of aromatic nitrogens is 1. The number of thiazole rings is 1. The Morgan fingerprint density at radius 2 is 2.20 bits per heavy atom. The van der Waals surface area contributed by atoms with Crippen molar-refractivity contribution in [3.05, 3.63) is 45.4 Å². The van der Waals surface area contributed by atoms with Crippen LogP contribution in [0.2, 0.25) is 0 Å². The smallest absolute Gasteiger partial charge is 0.150 e. The normalized spacial score (nSPS) is 10.8. The molecule has 0 amide bonds. The first-order valence-electron chi connectivity index (χ1n) is 6.34. The van der Waals surface area contributed by atoms with Crippen molar-refractivity contribution in [2.45, 2.75) is 20.0 Å². The van der Waals surface area contributed by atoms with Crippen LogP contribution in [0, 0.1) is 6.92 Å². The Kier molecular flexibility index (Phi) is 4.87. The summed E-state index contributed by atoms with van der Waals surface area (Å²) >= 11 is 1.66. The standard InChI is InChI=1S/C15H18N2O2S/c1-11-16-14(10-20-11)8-17(2)7-13-6-12(9-18)4-5-15(13)19-3/h4-6,9-10H,7-8H2,1-3H3. The number of benzene rings is 1. The van der Waals surface area contributed by atoms with Gasteiger partial charge < -0.3 is 4.74 Å². The van der Waals surface area contributed by atoms with Crippen molar-refractivity contribution in [2.24, 2.45) is 0 Å². The Hall–Kier alpha value is -1.72. The van der Waals surface area contributed by atoms with Crippen LogP contribution in [0.4, 0.5) is 0 Å². The summed E-state index contributed by atoms with van der Waals surface area (Å²) in [6, 6.07) is 5.47. The first-order chi connectivity index (χ1) is 9.62. The lowest BCUT2D eigenvalue weighted by Gasteiger charge is -2.17. The van der Waals surface area contributed by atoms with Gasteiger partial charge in [0.1, 0.15) is 12.0 Å². The van der Waals surface area contributed by atoms with E-state index in [1.54, 1.807) is 24.5 Å². The molecular formula is C15H18N2O2S. The van der Waals surface area contributed by atoms with Gasteiger partial charge in [0, 0.05) is 29.6 Å². The molecule has 0 aliphatic carbocycles. The largest absolute Gasteiger partial charge is 0.496 e. The quantitative estimate of drug-likeness (QED) is 0.767.